The molecule has 1 saturated carbocycles. The minimum absolute atomic E-state index is 0.107. The minimum Gasteiger partial charge on any atom is -0.392 e. The molecule has 3 aliphatic rings. The van der Waals surface area contributed by atoms with E-state index in [1.807, 2.05) is 12.3 Å². The molecule has 4 atom stereocenters. The van der Waals surface area contributed by atoms with Crippen LogP contribution in [0.2, 0.25) is 10.0 Å². The summed E-state index contributed by atoms with van der Waals surface area (Å²) in [5.41, 5.74) is 1.98. The van der Waals surface area contributed by atoms with Gasteiger partial charge in [0.05, 0.1) is 34.9 Å². The third kappa shape index (κ3) is 4.93. The molecular weight excluding hydrogens is 461 g/mol. The molecule has 1 aliphatic carbocycles. The van der Waals surface area contributed by atoms with E-state index in [2.05, 4.69) is 24.7 Å². The Morgan fingerprint density at radius 2 is 1.97 bits per heavy atom. The number of rotatable bonds is 5. The van der Waals surface area contributed by atoms with Crippen LogP contribution in [0.4, 0.5) is 0 Å². The molecule has 3 fully saturated rings. The van der Waals surface area contributed by atoms with Gasteiger partial charge in [0.25, 0.3) is 0 Å². The number of H-pyrrole nitrogens is 1. The largest absolute Gasteiger partial charge is 0.392 e. The molecular formula is C24H31Cl2N5O2. The molecule has 0 radical (unpaired) electrons. The number of benzene rings is 1. The van der Waals surface area contributed by atoms with Crippen LogP contribution in [0.5, 0.6) is 0 Å². The summed E-state index contributed by atoms with van der Waals surface area (Å²) < 4.78 is 0. The SMILES string of the molecule is O=C(Cc1ccc(Cl)c(Cl)c1)N1CCN(Cc2cnc[nH]2)C2CCCC(N3CCC(O)C3)C21. The predicted molar refractivity (Wildman–Crippen MR) is 128 cm³/mol. The number of halogens is 2. The molecule has 2 aromatic rings. The lowest BCUT2D eigenvalue weighted by atomic mass is 9.81. The van der Waals surface area contributed by atoms with Gasteiger partial charge in [-0.1, -0.05) is 35.7 Å². The Morgan fingerprint density at radius 3 is 2.70 bits per heavy atom. The number of nitrogens with zero attached hydrogens (tertiary/aromatic N) is 4. The number of hydrogen-bond acceptors (Lipinski definition) is 5. The molecule has 0 spiro atoms. The molecule has 1 aromatic heterocycles. The van der Waals surface area contributed by atoms with Crippen LogP contribution in [0.3, 0.4) is 0 Å². The zero-order chi connectivity index (χ0) is 22.9. The second kappa shape index (κ2) is 9.92. The summed E-state index contributed by atoms with van der Waals surface area (Å²) in [5, 5.41) is 11.2. The Balaban J connectivity index is 1.40. The predicted octanol–water partition coefficient (Wildman–Crippen LogP) is 2.96. The van der Waals surface area contributed by atoms with Crippen molar-refractivity contribution >= 4 is 29.1 Å². The number of aromatic nitrogens is 2. The van der Waals surface area contributed by atoms with E-state index < -0.39 is 0 Å². The summed E-state index contributed by atoms with van der Waals surface area (Å²) in [4.78, 5) is 28.1. The van der Waals surface area contributed by atoms with Gasteiger partial charge >= 0.3 is 0 Å². The fraction of sp³-hybridized carbons (Fsp3) is 0.583. The van der Waals surface area contributed by atoms with E-state index in [1.54, 1.807) is 18.5 Å². The number of amides is 1. The van der Waals surface area contributed by atoms with Crippen molar-refractivity contribution in [3.8, 4) is 0 Å². The van der Waals surface area contributed by atoms with Crippen LogP contribution in [-0.4, -0.2) is 86.1 Å². The van der Waals surface area contributed by atoms with E-state index >= 15 is 0 Å². The van der Waals surface area contributed by atoms with Crippen LogP contribution in [-0.2, 0) is 17.8 Å². The molecule has 178 valence electrons. The Morgan fingerprint density at radius 1 is 1.12 bits per heavy atom. The summed E-state index contributed by atoms with van der Waals surface area (Å²) in [6, 6.07) is 6.10. The molecule has 1 aromatic carbocycles. The molecule has 7 nitrogen and oxygen atoms in total. The number of carbonyl (C=O) groups excluding carboxylic acids is 1. The van der Waals surface area contributed by atoms with E-state index in [0.29, 0.717) is 29.6 Å². The first kappa shape index (κ1) is 23.1. The molecule has 4 unspecified atom stereocenters. The zero-order valence-electron chi connectivity index (χ0n) is 18.7. The highest BCUT2D eigenvalue weighted by Gasteiger charge is 2.47. The third-order valence-corrected chi connectivity index (χ3v) is 8.24. The maximum absolute atomic E-state index is 13.6. The number of likely N-dealkylation sites (tertiary alicyclic amines) is 1. The molecule has 1 amide bonds. The highest BCUT2D eigenvalue weighted by molar-refractivity contribution is 6.42. The molecule has 5 rings (SSSR count). The van der Waals surface area contributed by atoms with Crippen molar-refractivity contribution in [1.82, 2.24) is 24.7 Å². The van der Waals surface area contributed by atoms with Crippen LogP contribution in [0.25, 0.3) is 0 Å². The van der Waals surface area contributed by atoms with Crippen LogP contribution in [0.1, 0.15) is 36.9 Å². The van der Waals surface area contributed by atoms with Crippen molar-refractivity contribution < 1.29 is 9.90 Å². The Labute approximate surface area is 204 Å². The summed E-state index contributed by atoms with van der Waals surface area (Å²) in [6.07, 6.45) is 7.72. The van der Waals surface area contributed by atoms with Crippen LogP contribution in [0.15, 0.2) is 30.7 Å². The number of nitrogens with one attached hydrogen (secondary N) is 1. The molecule has 33 heavy (non-hydrogen) atoms. The average molecular weight is 492 g/mol. The van der Waals surface area contributed by atoms with Gasteiger partial charge in [-0.25, -0.2) is 4.98 Å². The van der Waals surface area contributed by atoms with Gasteiger partial charge in [0.15, 0.2) is 0 Å². The van der Waals surface area contributed by atoms with Gasteiger partial charge in [-0.2, -0.15) is 0 Å². The molecule has 2 saturated heterocycles. The summed E-state index contributed by atoms with van der Waals surface area (Å²) in [7, 11) is 0. The first-order chi connectivity index (χ1) is 16.0. The van der Waals surface area contributed by atoms with Crippen molar-refractivity contribution in [1.29, 1.82) is 0 Å². The number of imidazole rings is 1. The first-order valence-electron chi connectivity index (χ1n) is 11.9. The average Bonchev–Trinajstić information content (AvgIpc) is 3.48. The normalized spacial score (nSPS) is 28.8. The second-order valence-electron chi connectivity index (χ2n) is 9.55. The van der Waals surface area contributed by atoms with Crippen molar-refractivity contribution in [2.45, 2.75) is 62.9 Å². The van der Waals surface area contributed by atoms with E-state index in [1.165, 1.54) is 0 Å². The van der Waals surface area contributed by atoms with Crippen molar-refractivity contribution in [2.75, 3.05) is 26.2 Å². The van der Waals surface area contributed by atoms with Gasteiger partial charge in [0.2, 0.25) is 5.91 Å². The molecule has 3 heterocycles. The number of aliphatic hydroxyl groups excluding tert-OH is 1. The topological polar surface area (TPSA) is 75.7 Å². The van der Waals surface area contributed by atoms with Crippen LogP contribution in [0, 0.1) is 0 Å². The quantitative estimate of drug-likeness (QED) is 0.672. The number of hydrogen-bond donors (Lipinski definition) is 2. The van der Waals surface area contributed by atoms with Crippen LogP contribution >= 0.6 is 23.2 Å². The standard InChI is InChI=1S/C24H31Cl2N5O2/c25-19-5-4-16(10-20(19)26)11-23(33)31-9-8-30(13-17-12-27-15-28-17)22-3-1-2-21(24(22)31)29-7-6-18(32)14-29/h4-5,10,12,15,18,21-22,24,32H,1-3,6-9,11,13-14H2,(H,27,28). The highest BCUT2D eigenvalue weighted by Crippen LogP contribution is 2.36. The van der Waals surface area contributed by atoms with Gasteiger partial charge in [-0.05, 0) is 37.0 Å². The van der Waals surface area contributed by atoms with Gasteiger partial charge in [0.1, 0.15) is 0 Å². The molecule has 2 aliphatic heterocycles. The molecule has 2 N–H and O–H groups in total. The number of aromatic amines is 1. The number of β-amino-alcohol motifs (C(OH)–C–C–N with tert-alkyl or cyclic N) is 1. The molecule has 9 heteroatoms. The lowest BCUT2D eigenvalue weighted by molar-refractivity contribution is -0.143. The Kier molecular flexibility index (Phi) is 6.95. The summed E-state index contributed by atoms with van der Waals surface area (Å²) in [6.45, 7) is 3.93. The first-order valence-corrected chi connectivity index (χ1v) is 12.6. The maximum Gasteiger partial charge on any atom is 0.227 e. The number of fused-ring (bicyclic) bond motifs is 1. The smallest absolute Gasteiger partial charge is 0.227 e. The summed E-state index contributed by atoms with van der Waals surface area (Å²) >= 11 is 12.3. The van der Waals surface area contributed by atoms with Crippen molar-refractivity contribution in [3.63, 3.8) is 0 Å². The third-order valence-electron chi connectivity index (χ3n) is 7.50. The lowest BCUT2D eigenvalue weighted by Gasteiger charge is -2.54. The second-order valence-corrected chi connectivity index (χ2v) is 10.4. The maximum atomic E-state index is 13.6. The fourth-order valence-corrected chi connectivity index (χ4v) is 6.29. The number of aliphatic hydroxyl groups is 1. The van der Waals surface area contributed by atoms with E-state index in [-0.39, 0.29) is 30.1 Å². The highest BCUT2D eigenvalue weighted by atomic mass is 35.5. The van der Waals surface area contributed by atoms with Gasteiger partial charge in [0, 0.05) is 56.7 Å². The number of carbonyl (C=O) groups is 1. The van der Waals surface area contributed by atoms with E-state index in [9.17, 15) is 9.90 Å². The van der Waals surface area contributed by atoms with Crippen molar-refractivity contribution in [3.05, 3.63) is 52.0 Å². The van der Waals surface area contributed by atoms with Gasteiger partial charge in [-0.3, -0.25) is 14.6 Å². The summed E-state index contributed by atoms with van der Waals surface area (Å²) in [5.74, 6) is 0.135. The number of piperazine rings is 1. The lowest BCUT2D eigenvalue weighted by Crippen LogP contribution is -2.68. The monoisotopic (exact) mass is 491 g/mol. The Hall–Kier alpha value is -1.64. The zero-order valence-corrected chi connectivity index (χ0v) is 20.2. The van der Waals surface area contributed by atoms with E-state index in [4.69, 9.17) is 23.2 Å². The fourth-order valence-electron chi connectivity index (χ4n) is 5.97. The van der Waals surface area contributed by atoms with Crippen molar-refractivity contribution in [2.24, 2.45) is 0 Å². The van der Waals surface area contributed by atoms with Gasteiger partial charge < -0.3 is 15.0 Å². The Bertz CT molecular complexity index is 972. The van der Waals surface area contributed by atoms with Crippen LogP contribution < -0.4 is 0 Å². The van der Waals surface area contributed by atoms with Gasteiger partial charge in [-0.15, -0.1) is 0 Å². The molecule has 0 bridgehead atoms. The minimum atomic E-state index is -0.268. The van der Waals surface area contributed by atoms with E-state index in [0.717, 1.165) is 56.6 Å².